The van der Waals surface area contributed by atoms with Gasteiger partial charge in [0.25, 0.3) is 0 Å². The number of nitrogens with one attached hydrogen (secondary N) is 2. The van der Waals surface area contributed by atoms with E-state index in [0.29, 0.717) is 11.1 Å². The van der Waals surface area contributed by atoms with E-state index in [1.807, 2.05) is 0 Å². The molecule has 7 N–H and O–H groups in total. The fourth-order valence-corrected chi connectivity index (χ4v) is 3.09. The van der Waals surface area contributed by atoms with Crippen molar-refractivity contribution in [3.63, 3.8) is 0 Å². The lowest BCUT2D eigenvalue weighted by molar-refractivity contribution is -0.142. The Morgan fingerprint density at radius 2 is 1.33 bits per heavy atom. The maximum atomic E-state index is 13.0. The molecule has 10 nitrogen and oxygen atoms in total. The first-order valence-corrected chi connectivity index (χ1v) is 10.3. The molecular weight excluding hydrogens is 430 g/mol. The first kappa shape index (κ1) is 25.3. The van der Waals surface area contributed by atoms with E-state index in [2.05, 4.69) is 10.6 Å². The predicted molar refractivity (Wildman–Crippen MR) is 118 cm³/mol. The zero-order valence-corrected chi connectivity index (χ0v) is 17.8. The quantitative estimate of drug-likeness (QED) is 0.265. The Morgan fingerprint density at radius 3 is 1.91 bits per heavy atom. The second-order valence-electron chi connectivity index (χ2n) is 7.56. The predicted octanol–water partition coefficient (Wildman–Crippen LogP) is 0.424. The van der Waals surface area contributed by atoms with Crippen molar-refractivity contribution in [2.45, 2.75) is 43.8 Å². The molecule has 2 aromatic carbocycles. The molecule has 0 saturated heterocycles. The van der Waals surface area contributed by atoms with Gasteiger partial charge in [0.2, 0.25) is 11.8 Å². The molecule has 0 fully saturated rings. The summed E-state index contributed by atoms with van der Waals surface area (Å²) in [6, 6.07) is 11.2. The van der Waals surface area contributed by atoms with Crippen LogP contribution in [-0.4, -0.2) is 57.2 Å². The molecular formula is C23H27N3O7. The number of carboxylic acid groups (broad SMARTS) is 2. The molecule has 10 heteroatoms. The molecule has 0 unspecified atom stereocenters. The fraction of sp³-hybridized carbons (Fsp3) is 0.304. The Bertz CT molecular complexity index is 964. The summed E-state index contributed by atoms with van der Waals surface area (Å²) < 4.78 is 0. The van der Waals surface area contributed by atoms with Crippen molar-refractivity contribution in [2.24, 2.45) is 5.73 Å². The second-order valence-corrected chi connectivity index (χ2v) is 7.56. The van der Waals surface area contributed by atoms with Gasteiger partial charge in [-0.2, -0.15) is 0 Å². The number of phenolic OH excluding ortho intramolecular Hbond substituents is 1. The number of carbonyl (C=O) groups is 4. The number of benzene rings is 2. The molecule has 3 atom stereocenters. The van der Waals surface area contributed by atoms with Crippen molar-refractivity contribution in [2.75, 3.05) is 0 Å². The van der Waals surface area contributed by atoms with E-state index in [4.69, 9.17) is 10.8 Å². The largest absolute Gasteiger partial charge is 0.508 e. The van der Waals surface area contributed by atoms with Gasteiger partial charge in [-0.25, -0.2) is 4.79 Å². The standard InChI is InChI=1S/C23H27N3O7/c24-17(10-11-20(28)29)21(30)25-18(12-15-6-8-16(27)9-7-15)22(31)26-19(23(32)33)13-14-4-2-1-3-5-14/h1-9,17-19,27H,10-13,24H2,(H,25,30)(H,26,31)(H,28,29)(H,32,33)/t17-,18-,19+/m1/s1. The van der Waals surface area contributed by atoms with Crippen molar-refractivity contribution in [3.05, 3.63) is 65.7 Å². The molecule has 2 aromatic rings. The molecule has 2 rings (SSSR count). The summed E-state index contributed by atoms with van der Waals surface area (Å²) in [5.74, 6) is -3.79. The van der Waals surface area contributed by atoms with Gasteiger partial charge in [-0.15, -0.1) is 0 Å². The molecule has 0 aliphatic heterocycles. The van der Waals surface area contributed by atoms with Crippen LogP contribution in [0, 0.1) is 0 Å². The van der Waals surface area contributed by atoms with E-state index in [1.54, 1.807) is 42.5 Å². The van der Waals surface area contributed by atoms with E-state index in [-0.39, 0.29) is 31.4 Å². The lowest BCUT2D eigenvalue weighted by Gasteiger charge is -2.23. The van der Waals surface area contributed by atoms with Crippen molar-refractivity contribution >= 4 is 23.8 Å². The number of rotatable bonds is 12. The van der Waals surface area contributed by atoms with Gasteiger partial charge >= 0.3 is 11.9 Å². The van der Waals surface area contributed by atoms with Gasteiger partial charge in [0, 0.05) is 19.3 Å². The fourth-order valence-electron chi connectivity index (χ4n) is 3.09. The Balaban J connectivity index is 2.16. The molecule has 0 radical (unpaired) electrons. The van der Waals surface area contributed by atoms with Crippen molar-refractivity contribution in [3.8, 4) is 5.75 Å². The van der Waals surface area contributed by atoms with Crippen LogP contribution >= 0.6 is 0 Å². The Labute approximate surface area is 190 Å². The van der Waals surface area contributed by atoms with Gasteiger partial charge in [-0.1, -0.05) is 42.5 Å². The number of carbonyl (C=O) groups excluding carboxylic acids is 2. The van der Waals surface area contributed by atoms with Crippen LogP contribution in [-0.2, 0) is 32.0 Å². The number of aliphatic carboxylic acids is 2. The average molecular weight is 457 g/mol. The van der Waals surface area contributed by atoms with Crippen LogP contribution in [0.3, 0.4) is 0 Å². The van der Waals surface area contributed by atoms with Crippen LogP contribution in [0.1, 0.15) is 24.0 Å². The monoisotopic (exact) mass is 457 g/mol. The zero-order valence-electron chi connectivity index (χ0n) is 17.8. The summed E-state index contributed by atoms with van der Waals surface area (Å²) in [4.78, 5) is 47.9. The summed E-state index contributed by atoms with van der Waals surface area (Å²) >= 11 is 0. The van der Waals surface area contributed by atoms with E-state index >= 15 is 0 Å². The Kier molecular flexibility index (Phi) is 9.37. The lowest BCUT2D eigenvalue weighted by Crippen LogP contribution is -2.55. The maximum absolute atomic E-state index is 13.0. The van der Waals surface area contributed by atoms with Gasteiger partial charge in [0.1, 0.15) is 17.8 Å². The third-order valence-corrected chi connectivity index (χ3v) is 4.91. The molecule has 0 bridgehead atoms. The summed E-state index contributed by atoms with van der Waals surface area (Å²) in [6.07, 6.45) is -0.400. The lowest BCUT2D eigenvalue weighted by atomic mass is 10.0. The number of nitrogens with two attached hydrogens (primary N) is 1. The number of hydrogen-bond acceptors (Lipinski definition) is 6. The molecule has 0 aliphatic rings. The Morgan fingerprint density at radius 1 is 0.788 bits per heavy atom. The summed E-state index contributed by atoms with van der Waals surface area (Å²) in [5.41, 5.74) is 7.05. The minimum atomic E-state index is -1.24. The minimum Gasteiger partial charge on any atom is -0.508 e. The first-order chi connectivity index (χ1) is 15.7. The van der Waals surface area contributed by atoms with Gasteiger partial charge in [-0.3, -0.25) is 14.4 Å². The van der Waals surface area contributed by atoms with Crippen LogP contribution in [0.25, 0.3) is 0 Å². The van der Waals surface area contributed by atoms with Gasteiger partial charge < -0.3 is 31.7 Å². The van der Waals surface area contributed by atoms with Crippen LogP contribution in [0.15, 0.2) is 54.6 Å². The van der Waals surface area contributed by atoms with Crippen molar-refractivity contribution in [1.82, 2.24) is 10.6 Å². The molecule has 33 heavy (non-hydrogen) atoms. The van der Waals surface area contributed by atoms with E-state index in [1.165, 1.54) is 12.1 Å². The van der Waals surface area contributed by atoms with E-state index in [9.17, 15) is 29.4 Å². The minimum absolute atomic E-state index is 0.00117. The van der Waals surface area contributed by atoms with Gasteiger partial charge in [-0.05, 0) is 29.7 Å². The number of aromatic hydroxyl groups is 1. The van der Waals surface area contributed by atoms with E-state index < -0.39 is 41.9 Å². The van der Waals surface area contributed by atoms with Crippen molar-refractivity contribution in [1.29, 1.82) is 0 Å². The number of carboxylic acids is 2. The molecule has 0 saturated carbocycles. The SMILES string of the molecule is N[C@H](CCC(=O)O)C(=O)N[C@H](Cc1ccc(O)cc1)C(=O)N[C@@H](Cc1ccccc1)C(=O)O. The molecule has 0 heterocycles. The number of hydrogen-bond donors (Lipinski definition) is 6. The highest BCUT2D eigenvalue weighted by atomic mass is 16.4. The third kappa shape index (κ3) is 8.62. The highest BCUT2D eigenvalue weighted by Crippen LogP contribution is 2.12. The van der Waals surface area contributed by atoms with Gasteiger partial charge in [0.05, 0.1) is 6.04 Å². The highest BCUT2D eigenvalue weighted by molar-refractivity contribution is 5.92. The van der Waals surface area contributed by atoms with Crippen molar-refractivity contribution < 1.29 is 34.5 Å². The molecule has 176 valence electrons. The third-order valence-electron chi connectivity index (χ3n) is 4.91. The van der Waals surface area contributed by atoms with E-state index in [0.717, 1.165) is 0 Å². The summed E-state index contributed by atoms with van der Waals surface area (Å²) in [5, 5.41) is 32.8. The molecule has 0 aromatic heterocycles. The van der Waals surface area contributed by atoms with Crippen LogP contribution in [0.2, 0.25) is 0 Å². The topological polar surface area (TPSA) is 179 Å². The van der Waals surface area contributed by atoms with Crippen LogP contribution in [0.4, 0.5) is 0 Å². The average Bonchev–Trinajstić information content (AvgIpc) is 2.78. The molecule has 0 spiro atoms. The highest BCUT2D eigenvalue weighted by Gasteiger charge is 2.28. The molecule has 0 aliphatic carbocycles. The summed E-state index contributed by atoms with van der Waals surface area (Å²) in [6.45, 7) is 0. The maximum Gasteiger partial charge on any atom is 0.326 e. The first-order valence-electron chi connectivity index (χ1n) is 10.3. The smallest absolute Gasteiger partial charge is 0.326 e. The second kappa shape index (κ2) is 12.2. The van der Waals surface area contributed by atoms with Crippen LogP contribution in [0.5, 0.6) is 5.75 Å². The van der Waals surface area contributed by atoms with Crippen LogP contribution < -0.4 is 16.4 Å². The Hall–Kier alpha value is -3.92. The summed E-state index contributed by atoms with van der Waals surface area (Å²) in [7, 11) is 0. The number of amides is 2. The zero-order chi connectivity index (χ0) is 24.4. The normalized spacial score (nSPS) is 13.4. The number of phenols is 1. The van der Waals surface area contributed by atoms with Gasteiger partial charge in [0.15, 0.2) is 0 Å². The molecule has 2 amide bonds.